The molecule has 0 amide bonds. The maximum Gasteiger partial charge on any atom is 0.0679 e. The van der Waals surface area contributed by atoms with Crippen molar-refractivity contribution < 1.29 is 5.11 Å². The third-order valence-corrected chi connectivity index (χ3v) is 2.65. The van der Waals surface area contributed by atoms with E-state index in [0.29, 0.717) is 0 Å². The largest absolute Gasteiger partial charge is 0.392 e. The van der Waals surface area contributed by atoms with Gasteiger partial charge in [0.05, 0.1) is 11.8 Å². The Morgan fingerprint density at radius 2 is 2.50 bits per heavy atom. The van der Waals surface area contributed by atoms with Crippen LogP contribution in [0.25, 0.3) is 0 Å². The van der Waals surface area contributed by atoms with E-state index in [9.17, 15) is 5.11 Å². The van der Waals surface area contributed by atoms with E-state index in [0.717, 1.165) is 36.8 Å². The van der Waals surface area contributed by atoms with Crippen LogP contribution in [-0.4, -0.2) is 34.2 Å². The summed E-state index contributed by atoms with van der Waals surface area (Å²) in [5.74, 6) is 0. The van der Waals surface area contributed by atoms with Crippen LogP contribution in [0, 0.1) is 0 Å². The Balaban J connectivity index is 1.97. The number of pyridine rings is 1. The van der Waals surface area contributed by atoms with Gasteiger partial charge in [0.15, 0.2) is 0 Å². The minimum Gasteiger partial charge on any atom is -0.392 e. The fourth-order valence-electron chi connectivity index (χ4n) is 1.72. The van der Waals surface area contributed by atoms with Gasteiger partial charge < -0.3 is 5.11 Å². The Labute approximate surface area is 88.3 Å². The molecule has 0 aromatic carbocycles. The predicted molar refractivity (Wildman–Crippen MR) is 55.1 cm³/mol. The number of rotatable bonds is 2. The highest BCUT2D eigenvalue weighted by Gasteiger charge is 2.20. The molecule has 4 heteroatoms. The van der Waals surface area contributed by atoms with Crippen molar-refractivity contribution in [3.63, 3.8) is 0 Å². The summed E-state index contributed by atoms with van der Waals surface area (Å²) in [6, 6.07) is 3.64. The molecule has 14 heavy (non-hydrogen) atoms. The molecule has 76 valence electrons. The quantitative estimate of drug-likeness (QED) is 0.803. The fraction of sp³-hybridized carbons (Fsp3) is 0.500. The Kier molecular flexibility index (Phi) is 3.01. The smallest absolute Gasteiger partial charge is 0.0679 e. The predicted octanol–water partition coefficient (Wildman–Crippen LogP) is 1.30. The standard InChI is InChI=1S/C10H13ClN2O/c11-8-1-3-12-9(5-8)6-13-4-2-10(14)7-13/h1,3,5,10,14H,2,4,6-7H2/t10-/m1/s1. The summed E-state index contributed by atoms with van der Waals surface area (Å²) in [5, 5.41) is 10.1. The van der Waals surface area contributed by atoms with Crippen molar-refractivity contribution in [1.82, 2.24) is 9.88 Å². The van der Waals surface area contributed by atoms with Crippen LogP contribution in [0.2, 0.25) is 5.02 Å². The highest BCUT2D eigenvalue weighted by atomic mass is 35.5. The number of nitrogens with zero attached hydrogens (tertiary/aromatic N) is 2. The lowest BCUT2D eigenvalue weighted by molar-refractivity contribution is 0.174. The third kappa shape index (κ3) is 2.44. The Morgan fingerprint density at radius 1 is 1.64 bits per heavy atom. The van der Waals surface area contributed by atoms with Gasteiger partial charge in [0.1, 0.15) is 0 Å². The molecule has 3 nitrogen and oxygen atoms in total. The second kappa shape index (κ2) is 4.26. The van der Waals surface area contributed by atoms with E-state index in [4.69, 9.17) is 11.6 Å². The SMILES string of the molecule is O[C@@H]1CCN(Cc2cc(Cl)ccn2)C1. The highest BCUT2D eigenvalue weighted by molar-refractivity contribution is 6.30. The summed E-state index contributed by atoms with van der Waals surface area (Å²) >= 11 is 5.85. The van der Waals surface area contributed by atoms with E-state index in [1.165, 1.54) is 0 Å². The molecule has 2 rings (SSSR count). The maximum atomic E-state index is 9.34. The van der Waals surface area contributed by atoms with Gasteiger partial charge in [-0.1, -0.05) is 11.6 Å². The molecule has 1 saturated heterocycles. The highest BCUT2D eigenvalue weighted by Crippen LogP contribution is 2.14. The zero-order chi connectivity index (χ0) is 9.97. The Hall–Kier alpha value is -0.640. The first kappa shape index (κ1) is 9.90. The molecule has 1 aliphatic heterocycles. The van der Waals surface area contributed by atoms with Gasteiger partial charge >= 0.3 is 0 Å². The van der Waals surface area contributed by atoms with Gasteiger partial charge in [0, 0.05) is 30.9 Å². The molecule has 0 saturated carbocycles. The number of hydrogen-bond acceptors (Lipinski definition) is 3. The normalized spacial score (nSPS) is 22.9. The molecule has 1 N–H and O–H groups in total. The Morgan fingerprint density at radius 3 is 3.14 bits per heavy atom. The monoisotopic (exact) mass is 212 g/mol. The van der Waals surface area contributed by atoms with Gasteiger partial charge in [0.25, 0.3) is 0 Å². The molecule has 1 aromatic heterocycles. The van der Waals surface area contributed by atoms with Crippen molar-refractivity contribution in [2.75, 3.05) is 13.1 Å². The van der Waals surface area contributed by atoms with E-state index in [1.807, 2.05) is 6.07 Å². The Bertz CT molecular complexity index is 319. The molecule has 0 radical (unpaired) electrons. The molecule has 1 aromatic rings. The van der Waals surface area contributed by atoms with Crippen molar-refractivity contribution in [1.29, 1.82) is 0 Å². The molecule has 0 bridgehead atoms. The van der Waals surface area contributed by atoms with Crippen LogP contribution in [-0.2, 0) is 6.54 Å². The molecular weight excluding hydrogens is 200 g/mol. The summed E-state index contributed by atoms with van der Waals surface area (Å²) < 4.78 is 0. The first-order chi connectivity index (χ1) is 6.74. The van der Waals surface area contributed by atoms with Gasteiger partial charge in [-0.2, -0.15) is 0 Å². The third-order valence-electron chi connectivity index (χ3n) is 2.41. The second-order valence-corrected chi connectivity index (χ2v) is 4.08. The molecule has 1 aliphatic rings. The summed E-state index contributed by atoms with van der Waals surface area (Å²) in [6.45, 7) is 2.46. The van der Waals surface area contributed by atoms with Crippen LogP contribution < -0.4 is 0 Å². The van der Waals surface area contributed by atoms with E-state index in [1.54, 1.807) is 12.3 Å². The van der Waals surface area contributed by atoms with E-state index in [2.05, 4.69) is 9.88 Å². The van der Waals surface area contributed by atoms with E-state index >= 15 is 0 Å². The van der Waals surface area contributed by atoms with Crippen molar-refractivity contribution in [2.24, 2.45) is 0 Å². The zero-order valence-corrected chi connectivity index (χ0v) is 8.61. The summed E-state index contributed by atoms with van der Waals surface area (Å²) in [4.78, 5) is 6.40. The molecule has 2 heterocycles. The van der Waals surface area contributed by atoms with Crippen LogP contribution in [0.15, 0.2) is 18.3 Å². The molecule has 0 spiro atoms. The lowest BCUT2D eigenvalue weighted by Gasteiger charge is -2.13. The van der Waals surface area contributed by atoms with E-state index in [-0.39, 0.29) is 6.10 Å². The topological polar surface area (TPSA) is 36.4 Å². The first-order valence-electron chi connectivity index (χ1n) is 4.75. The minimum absolute atomic E-state index is 0.172. The van der Waals surface area contributed by atoms with Crippen molar-refractivity contribution in [2.45, 2.75) is 19.1 Å². The summed E-state index contributed by atoms with van der Waals surface area (Å²) in [6.07, 6.45) is 2.40. The summed E-state index contributed by atoms with van der Waals surface area (Å²) in [5.41, 5.74) is 0.964. The number of aromatic nitrogens is 1. The number of β-amino-alcohol motifs (C(OH)–C–C–N with tert-alkyl or cyclic N) is 1. The van der Waals surface area contributed by atoms with Crippen molar-refractivity contribution in [3.05, 3.63) is 29.0 Å². The molecule has 0 aliphatic carbocycles. The molecule has 1 atom stereocenters. The first-order valence-corrected chi connectivity index (χ1v) is 5.13. The van der Waals surface area contributed by atoms with E-state index < -0.39 is 0 Å². The van der Waals surface area contributed by atoms with Gasteiger partial charge in [-0.3, -0.25) is 9.88 Å². The van der Waals surface area contributed by atoms with Crippen LogP contribution in [0.5, 0.6) is 0 Å². The van der Waals surface area contributed by atoms with Crippen LogP contribution in [0.3, 0.4) is 0 Å². The molecule has 1 fully saturated rings. The lowest BCUT2D eigenvalue weighted by Crippen LogP contribution is -2.21. The van der Waals surface area contributed by atoms with Crippen LogP contribution in [0.1, 0.15) is 12.1 Å². The maximum absolute atomic E-state index is 9.34. The fourth-order valence-corrected chi connectivity index (χ4v) is 1.90. The minimum atomic E-state index is -0.172. The average Bonchev–Trinajstić information content (AvgIpc) is 2.51. The van der Waals surface area contributed by atoms with Gasteiger partial charge in [-0.05, 0) is 18.6 Å². The number of halogens is 1. The number of aliphatic hydroxyl groups is 1. The van der Waals surface area contributed by atoms with Gasteiger partial charge in [0.2, 0.25) is 0 Å². The second-order valence-electron chi connectivity index (χ2n) is 3.64. The number of hydrogen-bond donors (Lipinski definition) is 1. The number of likely N-dealkylation sites (tertiary alicyclic amines) is 1. The molecule has 0 unspecified atom stereocenters. The van der Waals surface area contributed by atoms with Crippen molar-refractivity contribution >= 4 is 11.6 Å². The van der Waals surface area contributed by atoms with Crippen LogP contribution >= 0.6 is 11.6 Å². The van der Waals surface area contributed by atoms with Crippen molar-refractivity contribution in [3.8, 4) is 0 Å². The van der Waals surface area contributed by atoms with Gasteiger partial charge in [-0.15, -0.1) is 0 Å². The molecular formula is C10H13ClN2O. The van der Waals surface area contributed by atoms with Gasteiger partial charge in [-0.25, -0.2) is 0 Å². The average molecular weight is 213 g/mol. The number of aliphatic hydroxyl groups excluding tert-OH is 1. The summed E-state index contributed by atoms with van der Waals surface area (Å²) in [7, 11) is 0. The lowest BCUT2D eigenvalue weighted by atomic mass is 10.3. The zero-order valence-electron chi connectivity index (χ0n) is 7.86. The van der Waals surface area contributed by atoms with Crippen LogP contribution in [0.4, 0.5) is 0 Å².